The summed E-state index contributed by atoms with van der Waals surface area (Å²) in [6.07, 6.45) is 5.78. The van der Waals surface area contributed by atoms with Crippen LogP contribution in [-0.2, 0) is 36.2 Å². The number of hydrogen-bond acceptors (Lipinski definition) is 0. The monoisotopic (exact) mass is 542 g/mol. The van der Waals surface area contributed by atoms with E-state index in [0.717, 1.165) is 0 Å². The second-order valence-corrected chi connectivity index (χ2v) is 20.5. The second kappa shape index (κ2) is 11.1. The Labute approximate surface area is 223 Å². The molecule has 176 valence electrons. The van der Waals surface area contributed by atoms with Gasteiger partial charge >= 0.3 is 41.9 Å². The molecular weight excluding hydrogens is 504 g/mol. The van der Waals surface area contributed by atoms with E-state index in [4.69, 9.17) is 0 Å². The molecule has 0 spiro atoms. The summed E-state index contributed by atoms with van der Waals surface area (Å²) in [6, 6.07) is 18.0. The molecule has 3 aromatic carbocycles. The van der Waals surface area contributed by atoms with E-state index in [9.17, 15) is 0 Å². The molecule has 0 nitrogen and oxygen atoms in total. The molecule has 0 fully saturated rings. The number of fused-ring (bicyclic) bond motifs is 2. The molecule has 0 N–H and O–H groups in total. The van der Waals surface area contributed by atoms with Crippen LogP contribution in [0.25, 0.3) is 21.9 Å². The normalized spacial score (nSPS) is 18.1. The van der Waals surface area contributed by atoms with Crippen molar-refractivity contribution in [3.8, 4) is 11.1 Å². The standard InChI is InChI=1S/C21H21.C9H13.C2H6Si.Zr/c1-14-9-16-10-17-12-21(2,3)13-18(17)11-19(16)20(14)15-7-5-4-6-8-15;1-6-5-7(2)9(4)8(6)3;1-3-2;/h4-11H,12-13H2,1-3H3;6H,1-4H3;1-2H3;/q2*-1;;+2. The largest absolute Gasteiger partial charge is 0.149 e. The first-order valence-corrected chi connectivity index (χ1v) is 18.6. The van der Waals surface area contributed by atoms with Gasteiger partial charge in [0.2, 0.25) is 0 Å². The fourth-order valence-electron chi connectivity index (χ4n) is 5.13. The van der Waals surface area contributed by atoms with Crippen molar-refractivity contribution < 1.29 is 23.3 Å². The minimum atomic E-state index is 0.210. The molecule has 0 saturated carbocycles. The van der Waals surface area contributed by atoms with Gasteiger partial charge in [0.05, 0.1) is 0 Å². The summed E-state index contributed by atoms with van der Waals surface area (Å²) in [5.74, 6) is 0.560. The van der Waals surface area contributed by atoms with Crippen LogP contribution in [0.5, 0.6) is 0 Å². The third kappa shape index (κ3) is 6.44. The maximum atomic E-state index is 3.36. The van der Waals surface area contributed by atoms with Crippen molar-refractivity contribution >= 4 is 16.2 Å². The molecule has 5 rings (SSSR count). The fourth-order valence-corrected chi connectivity index (χ4v) is 5.13. The number of aryl methyl sites for hydroxylation is 1. The van der Waals surface area contributed by atoms with Crippen molar-refractivity contribution in [2.45, 2.75) is 74.4 Å². The zero-order valence-corrected chi connectivity index (χ0v) is 26.1. The molecule has 0 bridgehead atoms. The van der Waals surface area contributed by atoms with Crippen LogP contribution in [0.2, 0.25) is 13.1 Å². The van der Waals surface area contributed by atoms with E-state index in [1.165, 1.54) is 57.0 Å². The Hall–Kier alpha value is -1.37. The van der Waals surface area contributed by atoms with Gasteiger partial charge in [-0.05, 0) is 18.3 Å². The Morgan fingerprint density at radius 2 is 1.53 bits per heavy atom. The van der Waals surface area contributed by atoms with Gasteiger partial charge in [-0.25, -0.2) is 5.57 Å². The third-order valence-electron chi connectivity index (χ3n) is 7.04. The van der Waals surface area contributed by atoms with Crippen LogP contribution in [0.4, 0.5) is 0 Å². The first kappa shape index (κ1) is 27.2. The van der Waals surface area contributed by atoms with Gasteiger partial charge in [-0.1, -0.05) is 94.5 Å². The Bertz CT molecular complexity index is 1250. The van der Waals surface area contributed by atoms with Gasteiger partial charge in [0, 0.05) is 0 Å². The summed E-state index contributed by atoms with van der Waals surface area (Å²) in [4.78, 5) is 0. The molecule has 0 amide bonds. The van der Waals surface area contributed by atoms with Gasteiger partial charge < -0.3 is 0 Å². The van der Waals surface area contributed by atoms with Crippen molar-refractivity contribution in [1.29, 1.82) is 0 Å². The zero-order chi connectivity index (χ0) is 25.2. The molecule has 2 aliphatic rings. The molecule has 34 heavy (non-hydrogen) atoms. The molecule has 0 heterocycles. The van der Waals surface area contributed by atoms with E-state index in [-0.39, 0.29) is 5.43 Å². The van der Waals surface area contributed by atoms with Gasteiger partial charge in [0.1, 0.15) is 0 Å². The van der Waals surface area contributed by atoms with E-state index in [2.05, 4.69) is 116 Å². The number of benzene rings is 2. The quantitative estimate of drug-likeness (QED) is 0.212. The Morgan fingerprint density at radius 3 is 2.00 bits per heavy atom. The molecule has 0 saturated heterocycles. The fraction of sp³-hybridized carbons (Fsp3) is 0.406. The predicted octanol–water partition coefficient (Wildman–Crippen LogP) is 9.17. The summed E-state index contributed by atoms with van der Waals surface area (Å²) in [6.45, 7) is 20.3. The first-order valence-electron chi connectivity index (χ1n) is 12.5. The number of hydrogen-bond donors (Lipinski definition) is 0. The van der Waals surface area contributed by atoms with Gasteiger partial charge in [0.25, 0.3) is 0 Å². The molecule has 1 unspecified atom stereocenters. The Balaban J connectivity index is 0.000000208. The molecule has 3 aromatic rings. The average Bonchev–Trinajstić information content (AvgIpc) is 3.30. The van der Waals surface area contributed by atoms with Gasteiger partial charge in [-0.3, -0.25) is 6.08 Å². The summed E-state index contributed by atoms with van der Waals surface area (Å²) in [5, 5.41) is 2.83. The van der Waals surface area contributed by atoms with Crippen LogP contribution in [0.3, 0.4) is 0 Å². The SMILES string of the molecule is CC1=[C-]C(C)C(C)=C1C.C[Si](C)=[Zr+2].Cc1[cH-]c2cc3c(cc2c1-c1ccccc1)CC(C)(C)C3. The molecular formula is C32H40SiZr. The molecule has 0 radical (unpaired) electrons. The molecule has 2 heteroatoms. The molecule has 0 aliphatic heterocycles. The minimum Gasteiger partial charge on any atom is -0.149 e. The molecule has 2 aliphatic carbocycles. The van der Waals surface area contributed by atoms with Crippen LogP contribution in [0.15, 0.2) is 65.3 Å². The van der Waals surface area contributed by atoms with E-state index < -0.39 is 0 Å². The second-order valence-electron chi connectivity index (χ2n) is 11.1. The maximum absolute atomic E-state index is 3.36. The minimum absolute atomic E-state index is 0.210. The number of rotatable bonds is 1. The van der Waals surface area contributed by atoms with Crippen LogP contribution in [0.1, 0.15) is 58.2 Å². The van der Waals surface area contributed by atoms with Gasteiger partial charge in [-0.2, -0.15) is 11.1 Å². The maximum Gasteiger partial charge on any atom is -0.0237 e. The Morgan fingerprint density at radius 1 is 0.971 bits per heavy atom. The van der Waals surface area contributed by atoms with Crippen molar-refractivity contribution in [3.05, 3.63) is 88.0 Å². The van der Waals surface area contributed by atoms with Crippen molar-refractivity contribution in [2.24, 2.45) is 11.3 Å². The summed E-state index contributed by atoms with van der Waals surface area (Å²) >= 11 is 1.74. The van der Waals surface area contributed by atoms with Crippen molar-refractivity contribution in [1.82, 2.24) is 0 Å². The van der Waals surface area contributed by atoms with Gasteiger partial charge in [0.15, 0.2) is 0 Å². The van der Waals surface area contributed by atoms with E-state index in [1.807, 2.05) is 0 Å². The summed E-state index contributed by atoms with van der Waals surface area (Å²) in [7, 11) is 0. The van der Waals surface area contributed by atoms with Gasteiger partial charge in [-0.15, -0.1) is 47.0 Å². The van der Waals surface area contributed by atoms with Crippen molar-refractivity contribution in [3.63, 3.8) is 0 Å². The predicted molar refractivity (Wildman–Crippen MR) is 148 cm³/mol. The third-order valence-corrected chi connectivity index (χ3v) is 7.04. The van der Waals surface area contributed by atoms with Crippen LogP contribution in [-0.4, -0.2) is 5.43 Å². The summed E-state index contributed by atoms with van der Waals surface area (Å²) < 4.78 is 0. The molecule has 0 aromatic heterocycles. The topological polar surface area (TPSA) is 0 Å². The van der Waals surface area contributed by atoms with Crippen LogP contribution < -0.4 is 0 Å². The van der Waals surface area contributed by atoms with E-state index >= 15 is 0 Å². The molecule has 1 atom stereocenters. The van der Waals surface area contributed by atoms with Crippen molar-refractivity contribution in [2.75, 3.05) is 0 Å². The average molecular weight is 544 g/mol. The van der Waals surface area contributed by atoms with E-state index in [1.54, 1.807) is 34.5 Å². The van der Waals surface area contributed by atoms with Crippen LogP contribution >= 0.6 is 0 Å². The zero-order valence-electron chi connectivity index (χ0n) is 22.6. The smallest absolute Gasteiger partial charge is 0.0237 e. The number of allylic oxidation sites excluding steroid dienone is 4. The summed E-state index contributed by atoms with van der Waals surface area (Å²) in [5.41, 5.74) is 12.1. The first-order chi connectivity index (χ1) is 15.9. The van der Waals surface area contributed by atoms with E-state index in [0.29, 0.717) is 11.3 Å². The van der Waals surface area contributed by atoms with Crippen LogP contribution in [0, 0.1) is 24.3 Å². The Kier molecular flexibility index (Phi) is 8.91.